The van der Waals surface area contributed by atoms with Crippen LogP contribution in [0.4, 0.5) is 5.69 Å². The number of aromatic amines is 1. The number of hydrogen-bond donors (Lipinski definition) is 3. The summed E-state index contributed by atoms with van der Waals surface area (Å²) in [6, 6.07) is 14.4. The van der Waals surface area contributed by atoms with Gasteiger partial charge < -0.3 is 20.3 Å². The maximum Gasteiger partial charge on any atom is 0.250 e. The molecule has 1 aliphatic heterocycles. The van der Waals surface area contributed by atoms with Crippen molar-refractivity contribution >= 4 is 22.6 Å². The number of nitrogens with zero attached hydrogens (tertiary/aromatic N) is 2. The predicted molar refractivity (Wildman–Crippen MR) is 81.9 cm³/mol. The molecule has 3 N–H and O–H groups in total. The number of aliphatic hydroxyl groups is 1. The molecule has 0 spiro atoms. The van der Waals surface area contributed by atoms with Crippen LogP contribution in [0.25, 0.3) is 11.0 Å². The van der Waals surface area contributed by atoms with Crippen LogP contribution in [0.2, 0.25) is 0 Å². The van der Waals surface area contributed by atoms with E-state index in [2.05, 4.69) is 15.3 Å². The number of anilines is 1. The highest BCUT2D eigenvalue weighted by atomic mass is 16.3. The Balaban J connectivity index is 1.81. The van der Waals surface area contributed by atoms with E-state index in [1.54, 1.807) is 11.2 Å². The zero-order valence-corrected chi connectivity index (χ0v) is 11.6. The Hall–Kier alpha value is -2.86. The summed E-state index contributed by atoms with van der Waals surface area (Å²) >= 11 is 0. The number of rotatable bonds is 2. The van der Waals surface area contributed by atoms with E-state index in [9.17, 15) is 9.90 Å². The number of hydrogen-bond acceptors (Lipinski definition) is 4. The number of carbonyl (C=O) groups is 1. The zero-order chi connectivity index (χ0) is 15.1. The summed E-state index contributed by atoms with van der Waals surface area (Å²) in [5.74, 6) is -0.221. The first-order valence-electron chi connectivity index (χ1n) is 6.99. The Bertz CT molecular complexity index is 830. The van der Waals surface area contributed by atoms with E-state index in [1.165, 1.54) is 0 Å². The van der Waals surface area contributed by atoms with Crippen LogP contribution in [-0.2, 0) is 4.79 Å². The van der Waals surface area contributed by atoms with Crippen LogP contribution in [0.3, 0.4) is 0 Å². The van der Waals surface area contributed by atoms with Gasteiger partial charge in [0.05, 0.1) is 17.4 Å². The quantitative estimate of drug-likeness (QED) is 0.669. The van der Waals surface area contributed by atoms with E-state index >= 15 is 0 Å². The molecule has 6 nitrogen and oxygen atoms in total. The monoisotopic (exact) mass is 294 g/mol. The molecule has 2 aromatic carbocycles. The number of benzene rings is 2. The van der Waals surface area contributed by atoms with Gasteiger partial charge in [-0.2, -0.15) is 0 Å². The fourth-order valence-corrected chi connectivity index (χ4v) is 2.86. The average molecular weight is 294 g/mol. The minimum Gasteiger partial charge on any atom is -0.356 e. The third kappa shape index (κ3) is 1.93. The van der Waals surface area contributed by atoms with Crippen LogP contribution in [0.5, 0.6) is 0 Å². The Labute approximate surface area is 126 Å². The SMILES string of the molecule is O=C1NC(O)N(c2ccc3[nH]cnc3c2)C1c1ccccc1. The number of H-pyrrole nitrogens is 1. The van der Waals surface area contributed by atoms with E-state index in [1.807, 2.05) is 48.5 Å². The molecule has 1 fully saturated rings. The second-order valence-corrected chi connectivity index (χ2v) is 5.21. The average Bonchev–Trinajstić information content (AvgIpc) is 3.11. The van der Waals surface area contributed by atoms with Crippen molar-refractivity contribution in [3.63, 3.8) is 0 Å². The van der Waals surface area contributed by atoms with Gasteiger partial charge in [-0.25, -0.2) is 4.98 Å². The molecule has 1 aliphatic rings. The van der Waals surface area contributed by atoms with Crippen molar-refractivity contribution in [2.24, 2.45) is 0 Å². The molecular weight excluding hydrogens is 280 g/mol. The lowest BCUT2D eigenvalue weighted by molar-refractivity contribution is -0.121. The molecule has 22 heavy (non-hydrogen) atoms. The van der Waals surface area contributed by atoms with E-state index in [0.717, 1.165) is 22.3 Å². The molecule has 2 atom stereocenters. The molecule has 2 unspecified atom stereocenters. The molecule has 0 radical (unpaired) electrons. The van der Waals surface area contributed by atoms with E-state index in [4.69, 9.17) is 0 Å². The molecule has 3 aromatic rings. The van der Waals surface area contributed by atoms with E-state index in [0.29, 0.717) is 0 Å². The number of carbonyl (C=O) groups excluding carboxylic acids is 1. The Kier molecular flexibility index (Phi) is 2.83. The Morgan fingerprint density at radius 2 is 1.95 bits per heavy atom. The molecular formula is C16H14N4O2. The van der Waals surface area contributed by atoms with Gasteiger partial charge in [0.15, 0.2) is 0 Å². The largest absolute Gasteiger partial charge is 0.356 e. The third-order valence-electron chi connectivity index (χ3n) is 3.88. The number of aliphatic hydroxyl groups excluding tert-OH is 1. The number of nitrogens with one attached hydrogen (secondary N) is 2. The van der Waals surface area contributed by atoms with Crippen LogP contribution in [0.15, 0.2) is 54.9 Å². The fourth-order valence-electron chi connectivity index (χ4n) is 2.86. The number of fused-ring (bicyclic) bond motifs is 1. The van der Waals surface area contributed by atoms with Crippen molar-refractivity contribution in [2.45, 2.75) is 12.4 Å². The highest BCUT2D eigenvalue weighted by Gasteiger charge is 2.40. The molecule has 1 saturated heterocycles. The highest BCUT2D eigenvalue weighted by molar-refractivity contribution is 5.91. The van der Waals surface area contributed by atoms with Crippen LogP contribution >= 0.6 is 0 Å². The van der Waals surface area contributed by atoms with Gasteiger partial charge in [-0.1, -0.05) is 30.3 Å². The maximum absolute atomic E-state index is 12.2. The number of imidazole rings is 1. The smallest absolute Gasteiger partial charge is 0.250 e. The number of aromatic nitrogens is 2. The normalized spacial score (nSPS) is 21.3. The van der Waals surface area contributed by atoms with Crippen molar-refractivity contribution in [3.8, 4) is 0 Å². The van der Waals surface area contributed by atoms with Gasteiger partial charge in [-0.3, -0.25) is 4.79 Å². The van der Waals surface area contributed by atoms with Crippen LogP contribution in [0, 0.1) is 0 Å². The fraction of sp³-hybridized carbons (Fsp3) is 0.125. The summed E-state index contributed by atoms with van der Waals surface area (Å²) < 4.78 is 0. The summed E-state index contributed by atoms with van der Waals surface area (Å²) in [4.78, 5) is 21.2. The van der Waals surface area contributed by atoms with Gasteiger partial charge in [-0.05, 0) is 23.8 Å². The first-order chi connectivity index (χ1) is 10.7. The van der Waals surface area contributed by atoms with Crippen molar-refractivity contribution in [1.82, 2.24) is 15.3 Å². The minimum absolute atomic E-state index is 0.221. The van der Waals surface area contributed by atoms with Crippen molar-refractivity contribution in [1.29, 1.82) is 0 Å². The van der Waals surface area contributed by atoms with Gasteiger partial charge in [0, 0.05) is 5.69 Å². The van der Waals surface area contributed by atoms with Crippen molar-refractivity contribution < 1.29 is 9.90 Å². The molecule has 110 valence electrons. The van der Waals surface area contributed by atoms with Crippen LogP contribution in [0.1, 0.15) is 11.6 Å². The van der Waals surface area contributed by atoms with Crippen molar-refractivity contribution in [3.05, 3.63) is 60.4 Å². The summed E-state index contributed by atoms with van der Waals surface area (Å²) in [7, 11) is 0. The van der Waals surface area contributed by atoms with Gasteiger partial charge >= 0.3 is 0 Å². The maximum atomic E-state index is 12.2. The molecule has 2 heterocycles. The zero-order valence-electron chi connectivity index (χ0n) is 11.6. The van der Waals surface area contributed by atoms with Gasteiger partial charge in [0.1, 0.15) is 6.04 Å². The molecule has 1 amide bonds. The summed E-state index contributed by atoms with van der Waals surface area (Å²) in [5, 5.41) is 12.8. The van der Waals surface area contributed by atoms with E-state index < -0.39 is 12.4 Å². The van der Waals surface area contributed by atoms with E-state index in [-0.39, 0.29) is 5.91 Å². The third-order valence-corrected chi connectivity index (χ3v) is 3.88. The summed E-state index contributed by atoms with van der Waals surface area (Å²) in [6.45, 7) is 0. The number of amides is 1. The summed E-state index contributed by atoms with van der Waals surface area (Å²) in [5.41, 5.74) is 3.27. The van der Waals surface area contributed by atoms with Crippen molar-refractivity contribution in [2.75, 3.05) is 4.90 Å². The molecule has 4 rings (SSSR count). The second kappa shape index (κ2) is 4.85. The Morgan fingerprint density at radius 1 is 1.14 bits per heavy atom. The highest BCUT2D eigenvalue weighted by Crippen LogP contribution is 2.33. The summed E-state index contributed by atoms with van der Waals surface area (Å²) in [6.07, 6.45) is 0.557. The Morgan fingerprint density at radius 3 is 2.77 bits per heavy atom. The molecule has 6 heteroatoms. The van der Waals surface area contributed by atoms with Gasteiger partial charge in [-0.15, -0.1) is 0 Å². The molecule has 0 saturated carbocycles. The lowest BCUT2D eigenvalue weighted by atomic mass is 10.1. The first kappa shape index (κ1) is 12.8. The molecule has 0 bridgehead atoms. The van der Waals surface area contributed by atoms with Gasteiger partial charge in [0.25, 0.3) is 5.91 Å². The standard InChI is InChI=1S/C16H14N4O2/c21-15-14(10-4-2-1-3-5-10)20(16(22)19-15)11-6-7-12-13(8-11)18-9-17-12/h1-9,14,16,22H,(H,17,18)(H,19,21). The second-order valence-electron chi connectivity index (χ2n) is 5.21. The van der Waals surface area contributed by atoms with Gasteiger partial charge in [0.2, 0.25) is 6.35 Å². The molecule has 0 aliphatic carbocycles. The topological polar surface area (TPSA) is 81.2 Å². The first-order valence-corrected chi connectivity index (χ1v) is 6.99. The van der Waals surface area contributed by atoms with Crippen LogP contribution < -0.4 is 10.2 Å². The molecule has 1 aromatic heterocycles. The lowest BCUT2D eigenvalue weighted by Crippen LogP contribution is -2.36. The van der Waals surface area contributed by atoms with Crippen LogP contribution in [-0.4, -0.2) is 27.3 Å². The predicted octanol–water partition coefficient (Wildman–Crippen LogP) is 1.52. The lowest BCUT2D eigenvalue weighted by Gasteiger charge is -2.27. The minimum atomic E-state index is -1.06.